The summed E-state index contributed by atoms with van der Waals surface area (Å²) < 4.78 is 47.4. The quantitative estimate of drug-likeness (QED) is 0.708. The number of halogens is 2. The Labute approximate surface area is 187 Å². The molecule has 32 heavy (non-hydrogen) atoms. The molecular weight excluding hydrogens is 415 g/mol. The largest absolute Gasteiger partial charge is 0.495 e. The molecule has 170 valence electrons. The fourth-order valence-corrected chi connectivity index (χ4v) is 4.03. The molecule has 2 aromatic carbocycles. The van der Waals surface area contributed by atoms with Gasteiger partial charge in [0, 0.05) is 17.7 Å². The average Bonchev–Trinajstić information content (AvgIpc) is 3.09. The normalized spacial score (nSPS) is 20.1. The van der Waals surface area contributed by atoms with Crippen molar-refractivity contribution in [1.29, 1.82) is 0 Å². The van der Waals surface area contributed by atoms with Crippen molar-refractivity contribution in [3.8, 4) is 5.75 Å². The molecule has 8 heteroatoms. The topological polar surface area (TPSA) is 56.8 Å². The summed E-state index contributed by atoms with van der Waals surface area (Å²) >= 11 is 0. The fraction of sp³-hybridized carbons (Fsp3) is 0.458. The van der Waals surface area contributed by atoms with E-state index in [0.29, 0.717) is 28.8 Å². The van der Waals surface area contributed by atoms with Crippen LogP contribution >= 0.6 is 0 Å². The van der Waals surface area contributed by atoms with Crippen LogP contribution in [0.5, 0.6) is 5.75 Å². The summed E-state index contributed by atoms with van der Waals surface area (Å²) in [6.45, 7) is 13.1. The summed E-state index contributed by atoms with van der Waals surface area (Å²) in [4.78, 5) is 12.9. The highest BCUT2D eigenvalue weighted by molar-refractivity contribution is 6.62. The van der Waals surface area contributed by atoms with Crippen molar-refractivity contribution in [2.24, 2.45) is 0 Å². The second-order valence-electron chi connectivity index (χ2n) is 10.2. The number of rotatable bonds is 3. The lowest BCUT2D eigenvalue weighted by Crippen LogP contribution is -2.41. The number of benzene rings is 2. The zero-order valence-electron chi connectivity index (χ0n) is 19.5. The number of nitrogens with one attached hydrogen (secondary N) is 1. The number of hydrogen-bond donors (Lipinski definition) is 1. The Hall–Kier alpha value is -2.45. The van der Waals surface area contributed by atoms with Crippen molar-refractivity contribution >= 4 is 24.2 Å². The molecule has 2 aromatic rings. The van der Waals surface area contributed by atoms with E-state index in [9.17, 15) is 9.18 Å². The van der Waals surface area contributed by atoms with Gasteiger partial charge < -0.3 is 19.4 Å². The molecule has 0 spiro atoms. The van der Waals surface area contributed by atoms with E-state index in [1.54, 1.807) is 13.0 Å². The number of fused-ring (bicyclic) bond motifs is 1. The minimum Gasteiger partial charge on any atom is -0.487 e. The minimum atomic E-state index is -0.789. The zero-order valence-corrected chi connectivity index (χ0v) is 19.5. The van der Waals surface area contributed by atoms with Crippen LogP contribution in [0.1, 0.15) is 63.0 Å². The Morgan fingerprint density at radius 2 is 1.66 bits per heavy atom. The number of amides is 1. The highest BCUT2D eigenvalue weighted by Gasteiger charge is 2.52. The van der Waals surface area contributed by atoms with E-state index >= 15 is 4.39 Å². The van der Waals surface area contributed by atoms with Crippen LogP contribution in [0.2, 0.25) is 0 Å². The maximum Gasteiger partial charge on any atom is 0.495 e. The number of carbonyl (C=O) groups is 1. The van der Waals surface area contributed by atoms with E-state index in [0.717, 1.165) is 0 Å². The van der Waals surface area contributed by atoms with Crippen LogP contribution in [-0.4, -0.2) is 29.8 Å². The Bertz CT molecular complexity index is 1100. The molecule has 2 heterocycles. The first-order chi connectivity index (χ1) is 14.7. The first-order valence-corrected chi connectivity index (χ1v) is 10.7. The number of hydrogen-bond acceptors (Lipinski definition) is 4. The third-order valence-corrected chi connectivity index (χ3v) is 6.60. The predicted octanol–water partition coefficient (Wildman–Crippen LogP) is 4.54. The smallest absolute Gasteiger partial charge is 0.487 e. The molecule has 1 amide bonds. The molecule has 0 saturated carbocycles. The van der Waals surface area contributed by atoms with E-state index in [-0.39, 0.29) is 11.3 Å². The zero-order chi connectivity index (χ0) is 23.6. The van der Waals surface area contributed by atoms with Gasteiger partial charge in [0.25, 0.3) is 5.91 Å². The van der Waals surface area contributed by atoms with Gasteiger partial charge in [0.15, 0.2) is 0 Å². The Kier molecular flexibility index (Phi) is 5.18. The monoisotopic (exact) mass is 443 g/mol. The average molecular weight is 443 g/mol. The highest BCUT2D eigenvalue weighted by atomic mass is 19.1. The summed E-state index contributed by atoms with van der Waals surface area (Å²) in [5, 5.41) is 2.65. The SMILES string of the molecule is Cc1c(NC(=O)c2ccc3c(c2F)CC(C)(C)O3)cc(F)cc1B1OC(C)(C)C(C)(C)O1. The second-order valence-corrected chi connectivity index (χ2v) is 10.2. The minimum absolute atomic E-state index is 0.120. The third-order valence-electron chi connectivity index (χ3n) is 6.60. The maximum atomic E-state index is 15.1. The molecule has 0 bridgehead atoms. The van der Waals surface area contributed by atoms with E-state index in [1.807, 2.05) is 41.5 Å². The van der Waals surface area contributed by atoms with Crippen LogP contribution in [0, 0.1) is 18.6 Å². The van der Waals surface area contributed by atoms with Crippen LogP contribution in [-0.2, 0) is 15.7 Å². The van der Waals surface area contributed by atoms with Crippen molar-refractivity contribution < 1.29 is 27.6 Å². The number of anilines is 1. The van der Waals surface area contributed by atoms with E-state index in [2.05, 4.69) is 5.32 Å². The second kappa shape index (κ2) is 7.28. The molecule has 1 fully saturated rings. The molecule has 5 nitrogen and oxygen atoms in total. The Morgan fingerprint density at radius 1 is 1.03 bits per heavy atom. The van der Waals surface area contributed by atoms with Gasteiger partial charge in [-0.15, -0.1) is 0 Å². The molecule has 2 aliphatic rings. The number of ether oxygens (including phenoxy) is 1. The molecule has 2 aliphatic heterocycles. The van der Waals surface area contributed by atoms with Crippen LogP contribution in [0.15, 0.2) is 24.3 Å². The van der Waals surface area contributed by atoms with Gasteiger partial charge in [0.2, 0.25) is 0 Å². The summed E-state index contributed by atoms with van der Waals surface area (Å²) in [5.41, 5.74) is -0.173. The van der Waals surface area contributed by atoms with Gasteiger partial charge in [0.05, 0.1) is 16.8 Å². The van der Waals surface area contributed by atoms with Gasteiger partial charge in [-0.1, -0.05) is 0 Å². The summed E-state index contributed by atoms with van der Waals surface area (Å²) in [6.07, 6.45) is 0.361. The standard InChI is InChI=1S/C24H28BF2NO4/c1-13-17(25-31-23(4,5)24(6,7)32-25)10-14(26)11-18(13)28-21(29)15-8-9-19-16(20(15)27)12-22(2,3)30-19/h8-11H,12H2,1-7H3,(H,28,29). The summed E-state index contributed by atoms with van der Waals surface area (Å²) in [6, 6.07) is 5.52. The van der Waals surface area contributed by atoms with Gasteiger partial charge in [-0.2, -0.15) is 0 Å². The predicted molar refractivity (Wildman–Crippen MR) is 120 cm³/mol. The van der Waals surface area contributed by atoms with Crippen molar-refractivity contribution in [3.63, 3.8) is 0 Å². The molecule has 0 atom stereocenters. The molecule has 0 aromatic heterocycles. The van der Waals surface area contributed by atoms with Gasteiger partial charge in [0.1, 0.15) is 23.0 Å². The van der Waals surface area contributed by atoms with Gasteiger partial charge in [-0.05, 0) is 83.8 Å². The Morgan fingerprint density at radius 3 is 2.28 bits per heavy atom. The first kappa shape index (κ1) is 22.7. The highest BCUT2D eigenvalue weighted by Crippen LogP contribution is 2.38. The lowest BCUT2D eigenvalue weighted by atomic mass is 9.75. The lowest BCUT2D eigenvalue weighted by molar-refractivity contribution is 0.00578. The molecule has 1 saturated heterocycles. The van der Waals surface area contributed by atoms with Crippen molar-refractivity contribution in [1.82, 2.24) is 0 Å². The van der Waals surface area contributed by atoms with Gasteiger partial charge >= 0.3 is 7.12 Å². The fourth-order valence-electron chi connectivity index (χ4n) is 4.03. The van der Waals surface area contributed by atoms with Crippen LogP contribution in [0.3, 0.4) is 0 Å². The van der Waals surface area contributed by atoms with Gasteiger partial charge in [-0.25, -0.2) is 8.78 Å². The molecule has 0 radical (unpaired) electrons. The van der Waals surface area contributed by atoms with E-state index in [4.69, 9.17) is 14.0 Å². The van der Waals surface area contributed by atoms with Crippen LogP contribution in [0.4, 0.5) is 14.5 Å². The summed E-state index contributed by atoms with van der Waals surface area (Å²) in [5.74, 6) is -1.40. The van der Waals surface area contributed by atoms with Crippen LogP contribution < -0.4 is 15.5 Å². The van der Waals surface area contributed by atoms with Crippen molar-refractivity contribution in [2.45, 2.75) is 71.7 Å². The molecule has 0 unspecified atom stereocenters. The van der Waals surface area contributed by atoms with Crippen molar-refractivity contribution in [2.75, 3.05) is 5.32 Å². The lowest BCUT2D eigenvalue weighted by Gasteiger charge is -2.32. The van der Waals surface area contributed by atoms with E-state index in [1.165, 1.54) is 18.2 Å². The molecule has 4 rings (SSSR count). The molecule has 0 aliphatic carbocycles. The first-order valence-electron chi connectivity index (χ1n) is 10.7. The Balaban J connectivity index is 1.64. The summed E-state index contributed by atoms with van der Waals surface area (Å²) in [7, 11) is -0.789. The molecule has 1 N–H and O–H groups in total. The number of carbonyl (C=O) groups excluding carboxylic acids is 1. The van der Waals surface area contributed by atoms with Crippen molar-refractivity contribution in [3.05, 3.63) is 52.6 Å². The van der Waals surface area contributed by atoms with Crippen LogP contribution in [0.25, 0.3) is 0 Å². The maximum absolute atomic E-state index is 15.1. The third kappa shape index (κ3) is 3.79. The molecular formula is C24H28BF2NO4. The van der Waals surface area contributed by atoms with Gasteiger partial charge in [-0.3, -0.25) is 4.79 Å². The van der Waals surface area contributed by atoms with E-state index < -0.39 is 41.5 Å².